The molecule has 6 nitrogen and oxygen atoms in total. The second kappa shape index (κ2) is 10.1. The molecule has 1 aliphatic rings. The van der Waals surface area contributed by atoms with Gasteiger partial charge in [0.1, 0.15) is 0 Å². The minimum absolute atomic E-state index is 0. The van der Waals surface area contributed by atoms with Gasteiger partial charge in [-0.3, -0.25) is 4.99 Å². The highest BCUT2D eigenvalue weighted by Gasteiger charge is 2.16. The number of nitrogens with zero attached hydrogens (tertiary/aromatic N) is 1. The second-order valence-corrected chi connectivity index (χ2v) is 7.69. The zero-order valence-electron chi connectivity index (χ0n) is 14.9. The molecule has 1 aliphatic carbocycles. The van der Waals surface area contributed by atoms with Gasteiger partial charge >= 0.3 is 0 Å². The van der Waals surface area contributed by atoms with Crippen LogP contribution in [0, 0.1) is 13.8 Å². The van der Waals surface area contributed by atoms with E-state index in [-0.39, 0.29) is 24.0 Å². The lowest BCUT2D eigenvalue weighted by Gasteiger charge is -2.17. The number of halogens is 1. The number of sulfonamides is 1. The van der Waals surface area contributed by atoms with Gasteiger partial charge in [-0.15, -0.1) is 24.0 Å². The maximum absolute atomic E-state index is 12.4. The fraction of sp³-hybridized carbons (Fsp3) is 0.471. The van der Waals surface area contributed by atoms with Gasteiger partial charge in [0.2, 0.25) is 10.0 Å². The molecule has 0 spiro atoms. The Morgan fingerprint density at radius 1 is 1.20 bits per heavy atom. The Hall–Kier alpha value is -1.13. The third-order valence-electron chi connectivity index (χ3n) is 3.92. The zero-order chi connectivity index (χ0) is 17.6. The van der Waals surface area contributed by atoms with E-state index >= 15 is 0 Å². The van der Waals surface area contributed by atoms with E-state index < -0.39 is 10.0 Å². The maximum atomic E-state index is 12.4. The Balaban J connectivity index is 0.00000312. The number of hydrogen-bond donors (Lipinski definition) is 3. The lowest BCUT2D eigenvalue weighted by molar-refractivity contribution is 0.578. The highest BCUT2D eigenvalue weighted by Crippen LogP contribution is 2.16. The number of rotatable bonds is 6. The van der Waals surface area contributed by atoms with Crippen LogP contribution in [-0.2, 0) is 10.0 Å². The normalized spacial score (nSPS) is 15.1. The van der Waals surface area contributed by atoms with Gasteiger partial charge in [-0.2, -0.15) is 0 Å². The van der Waals surface area contributed by atoms with Crippen molar-refractivity contribution in [3.63, 3.8) is 0 Å². The van der Waals surface area contributed by atoms with E-state index in [1.54, 1.807) is 20.0 Å². The SMILES string of the molecule is CN=C(NCCNS(=O)(=O)c1cc(C)ccc1C)NC1CC=CC1.I. The fourth-order valence-electron chi connectivity index (χ4n) is 2.56. The van der Waals surface area contributed by atoms with Crippen molar-refractivity contribution >= 4 is 40.0 Å². The van der Waals surface area contributed by atoms with E-state index in [0.29, 0.717) is 30.0 Å². The van der Waals surface area contributed by atoms with E-state index in [1.165, 1.54) is 0 Å². The molecule has 8 heteroatoms. The molecule has 0 atom stereocenters. The molecule has 2 rings (SSSR count). The summed E-state index contributed by atoms with van der Waals surface area (Å²) < 4.78 is 27.4. The minimum atomic E-state index is -3.50. The smallest absolute Gasteiger partial charge is 0.240 e. The van der Waals surface area contributed by atoms with Gasteiger partial charge in [0.15, 0.2) is 5.96 Å². The molecule has 0 saturated heterocycles. The van der Waals surface area contributed by atoms with Crippen LogP contribution in [0.1, 0.15) is 24.0 Å². The van der Waals surface area contributed by atoms with Crippen LogP contribution in [-0.4, -0.2) is 40.6 Å². The Morgan fingerprint density at radius 3 is 2.52 bits per heavy atom. The summed E-state index contributed by atoms with van der Waals surface area (Å²) in [5, 5.41) is 6.44. The number of hydrogen-bond acceptors (Lipinski definition) is 3. The lowest BCUT2D eigenvalue weighted by atomic mass is 10.2. The molecule has 0 radical (unpaired) electrons. The van der Waals surface area contributed by atoms with Crippen LogP contribution >= 0.6 is 24.0 Å². The summed E-state index contributed by atoms with van der Waals surface area (Å²) >= 11 is 0. The van der Waals surface area contributed by atoms with Gasteiger partial charge in [0, 0.05) is 26.2 Å². The predicted octanol–water partition coefficient (Wildman–Crippen LogP) is 2.08. The van der Waals surface area contributed by atoms with Crippen molar-refractivity contribution < 1.29 is 8.42 Å². The van der Waals surface area contributed by atoms with Crippen LogP contribution in [0.25, 0.3) is 0 Å². The Bertz CT molecular complexity index is 724. The first kappa shape index (κ1) is 21.9. The lowest BCUT2D eigenvalue weighted by Crippen LogP contribution is -2.45. The number of nitrogens with one attached hydrogen (secondary N) is 3. The summed E-state index contributed by atoms with van der Waals surface area (Å²) in [5.41, 5.74) is 1.67. The number of benzene rings is 1. The Labute approximate surface area is 167 Å². The van der Waals surface area contributed by atoms with Gasteiger partial charge in [0.25, 0.3) is 0 Å². The molecule has 0 fully saturated rings. The molecule has 1 aromatic carbocycles. The molecular weight excluding hydrogens is 451 g/mol. The molecule has 0 aromatic heterocycles. The molecule has 3 N–H and O–H groups in total. The predicted molar refractivity (Wildman–Crippen MR) is 113 cm³/mol. The minimum Gasteiger partial charge on any atom is -0.355 e. The molecular formula is C17H27IN4O2S. The Kier molecular flexibility index (Phi) is 8.87. The van der Waals surface area contributed by atoms with Crippen LogP contribution in [0.15, 0.2) is 40.2 Å². The standard InChI is InChI=1S/C17H26N4O2S.HI/c1-13-8-9-14(2)16(12-13)24(22,23)20-11-10-19-17(18-3)21-15-6-4-5-7-15;/h4-5,8-9,12,15,20H,6-7,10-11H2,1-3H3,(H2,18,19,21);1H. The van der Waals surface area contributed by atoms with E-state index in [0.717, 1.165) is 24.0 Å². The van der Waals surface area contributed by atoms with Gasteiger partial charge in [-0.25, -0.2) is 13.1 Å². The van der Waals surface area contributed by atoms with E-state index in [1.807, 2.05) is 19.1 Å². The molecule has 1 aromatic rings. The molecule has 140 valence electrons. The summed E-state index contributed by atoms with van der Waals surface area (Å²) in [6.45, 7) is 4.43. The van der Waals surface area contributed by atoms with Crippen LogP contribution < -0.4 is 15.4 Å². The summed E-state index contributed by atoms with van der Waals surface area (Å²) in [6, 6.07) is 5.79. The summed E-state index contributed by atoms with van der Waals surface area (Å²) in [5.74, 6) is 0.689. The summed E-state index contributed by atoms with van der Waals surface area (Å²) in [7, 11) is -1.79. The summed E-state index contributed by atoms with van der Waals surface area (Å²) in [6.07, 6.45) is 6.26. The van der Waals surface area contributed by atoms with Crippen molar-refractivity contribution in [1.82, 2.24) is 15.4 Å². The fourth-order valence-corrected chi connectivity index (χ4v) is 3.92. The first-order valence-electron chi connectivity index (χ1n) is 8.11. The molecule has 0 bridgehead atoms. The van der Waals surface area contributed by atoms with Gasteiger partial charge in [0.05, 0.1) is 4.90 Å². The van der Waals surface area contributed by atoms with Crippen LogP contribution in [0.2, 0.25) is 0 Å². The van der Waals surface area contributed by atoms with Crippen molar-refractivity contribution in [2.45, 2.75) is 37.6 Å². The van der Waals surface area contributed by atoms with Crippen LogP contribution in [0.5, 0.6) is 0 Å². The van der Waals surface area contributed by atoms with Crippen LogP contribution in [0.4, 0.5) is 0 Å². The average Bonchev–Trinajstić information content (AvgIpc) is 3.05. The third kappa shape index (κ3) is 6.59. The Morgan fingerprint density at radius 2 is 1.88 bits per heavy atom. The van der Waals surface area contributed by atoms with E-state index in [4.69, 9.17) is 0 Å². The maximum Gasteiger partial charge on any atom is 0.240 e. The van der Waals surface area contributed by atoms with Gasteiger partial charge in [-0.1, -0.05) is 24.3 Å². The van der Waals surface area contributed by atoms with Crippen molar-refractivity contribution in [1.29, 1.82) is 0 Å². The molecule has 0 saturated carbocycles. The highest BCUT2D eigenvalue weighted by molar-refractivity contribution is 14.0. The average molecular weight is 478 g/mol. The van der Waals surface area contributed by atoms with Crippen molar-refractivity contribution in [2.24, 2.45) is 4.99 Å². The topological polar surface area (TPSA) is 82.6 Å². The number of guanidine groups is 1. The van der Waals surface area contributed by atoms with Crippen molar-refractivity contribution in [3.05, 3.63) is 41.5 Å². The second-order valence-electron chi connectivity index (χ2n) is 5.95. The highest BCUT2D eigenvalue weighted by atomic mass is 127. The monoisotopic (exact) mass is 478 g/mol. The van der Waals surface area contributed by atoms with Crippen molar-refractivity contribution in [2.75, 3.05) is 20.1 Å². The first-order valence-corrected chi connectivity index (χ1v) is 9.60. The molecule has 0 unspecified atom stereocenters. The number of aryl methyl sites for hydroxylation is 2. The molecule has 0 heterocycles. The summed E-state index contributed by atoms with van der Waals surface area (Å²) in [4.78, 5) is 4.49. The van der Waals surface area contributed by atoms with Crippen LogP contribution in [0.3, 0.4) is 0 Å². The van der Waals surface area contributed by atoms with Gasteiger partial charge in [-0.05, 0) is 43.9 Å². The first-order chi connectivity index (χ1) is 11.4. The zero-order valence-corrected chi connectivity index (χ0v) is 18.0. The number of aliphatic imine (C=N–C) groups is 1. The van der Waals surface area contributed by atoms with E-state index in [2.05, 4.69) is 32.5 Å². The van der Waals surface area contributed by atoms with E-state index in [9.17, 15) is 8.42 Å². The molecule has 0 amide bonds. The van der Waals surface area contributed by atoms with Gasteiger partial charge < -0.3 is 10.6 Å². The largest absolute Gasteiger partial charge is 0.355 e. The molecule has 0 aliphatic heterocycles. The third-order valence-corrected chi connectivity index (χ3v) is 5.52. The molecule has 25 heavy (non-hydrogen) atoms. The quantitative estimate of drug-likeness (QED) is 0.192. The van der Waals surface area contributed by atoms with Crippen molar-refractivity contribution in [3.8, 4) is 0 Å².